The van der Waals surface area contributed by atoms with E-state index in [0.29, 0.717) is 33.0 Å². The minimum Gasteiger partial charge on any atom is -0.489 e. The Kier molecular flexibility index (Phi) is 5.86. The highest BCUT2D eigenvalue weighted by atomic mass is 32.1. The van der Waals surface area contributed by atoms with Crippen molar-refractivity contribution in [2.45, 2.75) is 12.8 Å². The second kappa shape index (κ2) is 8.93. The van der Waals surface area contributed by atoms with E-state index in [-0.39, 0.29) is 17.1 Å². The molecule has 1 aromatic carbocycles. The second-order valence-corrected chi connectivity index (χ2v) is 9.43. The van der Waals surface area contributed by atoms with Gasteiger partial charge >= 0.3 is 0 Å². The molecule has 0 aliphatic carbocycles. The maximum atomic E-state index is 14.6. The zero-order valence-electron chi connectivity index (χ0n) is 17.1. The molecular formula is C23H20FN3O3S2. The van der Waals surface area contributed by atoms with Gasteiger partial charge < -0.3 is 4.74 Å². The number of aromatic nitrogens is 2. The van der Waals surface area contributed by atoms with Crippen molar-refractivity contribution >= 4 is 38.7 Å². The first-order valence-corrected chi connectivity index (χ1v) is 12.1. The summed E-state index contributed by atoms with van der Waals surface area (Å²) in [5.74, 6) is -0.507. The Morgan fingerprint density at radius 3 is 2.78 bits per heavy atom. The monoisotopic (exact) mass is 469 g/mol. The normalized spacial score (nSPS) is 14.3. The third kappa shape index (κ3) is 4.11. The first-order valence-electron chi connectivity index (χ1n) is 10.3. The Morgan fingerprint density at radius 2 is 2.03 bits per heavy atom. The van der Waals surface area contributed by atoms with E-state index >= 15 is 0 Å². The summed E-state index contributed by atoms with van der Waals surface area (Å²) in [5, 5.41) is 3.61. The van der Waals surface area contributed by atoms with Crippen LogP contribution in [0.3, 0.4) is 0 Å². The van der Waals surface area contributed by atoms with E-state index in [1.807, 2.05) is 5.38 Å². The van der Waals surface area contributed by atoms with Crippen LogP contribution in [0.2, 0.25) is 0 Å². The Hall–Kier alpha value is -2.88. The molecule has 9 heteroatoms. The predicted molar refractivity (Wildman–Crippen MR) is 124 cm³/mol. The second-order valence-electron chi connectivity index (χ2n) is 7.60. The summed E-state index contributed by atoms with van der Waals surface area (Å²) in [7, 11) is 0. The molecule has 0 amide bonds. The number of hydrogen-bond donors (Lipinski definition) is 0. The number of thiophene rings is 2. The smallest absolute Gasteiger partial charge is 0.275 e. The van der Waals surface area contributed by atoms with Gasteiger partial charge in [0.05, 0.1) is 16.1 Å². The van der Waals surface area contributed by atoms with Crippen LogP contribution in [0.15, 0.2) is 52.2 Å². The van der Waals surface area contributed by atoms with E-state index < -0.39 is 5.82 Å². The number of carbonyl (C=O) groups excluding carboxylic acids is 1. The highest BCUT2D eigenvalue weighted by Gasteiger charge is 2.17. The predicted octanol–water partition coefficient (Wildman–Crippen LogP) is 4.35. The van der Waals surface area contributed by atoms with E-state index in [4.69, 9.17) is 4.74 Å². The molecule has 0 spiro atoms. The van der Waals surface area contributed by atoms with Crippen molar-refractivity contribution in [1.82, 2.24) is 14.5 Å². The van der Waals surface area contributed by atoms with Gasteiger partial charge in [-0.2, -0.15) is 11.3 Å². The average molecular weight is 470 g/mol. The zero-order valence-corrected chi connectivity index (χ0v) is 18.8. The number of rotatable bonds is 7. The lowest BCUT2D eigenvalue weighted by atomic mass is 10.2. The van der Waals surface area contributed by atoms with Crippen LogP contribution in [0.1, 0.15) is 28.1 Å². The zero-order chi connectivity index (χ0) is 22.1. The maximum Gasteiger partial charge on any atom is 0.275 e. The Labute approximate surface area is 191 Å². The summed E-state index contributed by atoms with van der Waals surface area (Å²) in [6, 6.07) is 7.81. The lowest BCUT2D eigenvalue weighted by Crippen LogP contribution is -2.25. The van der Waals surface area contributed by atoms with Crippen molar-refractivity contribution in [3.05, 3.63) is 74.0 Å². The summed E-state index contributed by atoms with van der Waals surface area (Å²) >= 11 is 2.55. The minimum atomic E-state index is -0.532. The SMILES string of the molecule is O=C(c1ccsc1)c1cc2ncn(-c3ccc(OCCN4CCCC4)c(F)c3)c(=O)c2s1. The highest BCUT2D eigenvalue weighted by molar-refractivity contribution is 7.21. The van der Waals surface area contributed by atoms with Gasteiger partial charge in [0.1, 0.15) is 17.6 Å². The molecule has 3 aromatic heterocycles. The molecule has 5 rings (SSSR count). The van der Waals surface area contributed by atoms with Gasteiger partial charge in [-0.05, 0) is 55.6 Å². The summed E-state index contributed by atoms with van der Waals surface area (Å²) < 4.78 is 21.9. The van der Waals surface area contributed by atoms with Gasteiger partial charge in [0, 0.05) is 23.6 Å². The molecule has 1 saturated heterocycles. The molecule has 4 heterocycles. The number of likely N-dealkylation sites (tertiary alicyclic amines) is 1. The molecule has 0 unspecified atom stereocenters. The van der Waals surface area contributed by atoms with E-state index in [1.54, 1.807) is 23.6 Å². The first-order chi connectivity index (χ1) is 15.6. The van der Waals surface area contributed by atoms with Gasteiger partial charge in [-0.3, -0.25) is 19.1 Å². The molecule has 0 saturated carbocycles. The van der Waals surface area contributed by atoms with Crippen molar-refractivity contribution in [3.8, 4) is 11.4 Å². The Balaban J connectivity index is 1.38. The Morgan fingerprint density at radius 1 is 1.19 bits per heavy atom. The molecule has 1 aliphatic heterocycles. The van der Waals surface area contributed by atoms with E-state index in [0.717, 1.165) is 31.0 Å². The van der Waals surface area contributed by atoms with Crippen LogP contribution < -0.4 is 10.3 Å². The number of fused-ring (bicyclic) bond motifs is 1. The van der Waals surface area contributed by atoms with Crippen LogP contribution >= 0.6 is 22.7 Å². The van der Waals surface area contributed by atoms with Crippen LogP contribution in [-0.2, 0) is 0 Å². The summed E-state index contributed by atoms with van der Waals surface area (Å²) in [6.07, 6.45) is 3.76. The third-order valence-electron chi connectivity index (χ3n) is 5.50. The number of ether oxygens (including phenoxy) is 1. The fraction of sp³-hybridized carbons (Fsp3) is 0.261. The number of hydrogen-bond acceptors (Lipinski definition) is 7. The number of ketones is 1. The lowest BCUT2D eigenvalue weighted by molar-refractivity contribution is 0.104. The van der Waals surface area contributed by atoms with Gasteiger partial charge in [-0.25, -0.2) is 9.37 Å². The van der Waals surface area contributed by atoms with Crippen molar-refractivity contribution < 1.29 is 13.9 Å². The molecule has 1 aliphatic rings. The van der Waals surface area contributed by atoms with Crippen LogP contribution in [0.5, 0.6) is 5.75 Å². The third-order valence-corrected chi connectivity index (χ3v) is 7.30. The van der Waals surface area contributed by atoms with Gasteiger partial charge in [-0.15, -0.1) is 11.3 Å². The minimum absolute atomic E-state index is 0.137. The summed E-state index contributed by atoms with van der Waals surface area (Å²) in [5.41, 5.74) is 1.06. The quantitative estimate of drug-likeness (QED) is 0.377. The van der Waals surface area contributed by atoms with Crippen LogP contribution in [-0.4, -0.2) is 46.5 Å². The fourth-order valence-corrected chi connectivity index (χ4v) is 5.43. The standard InChI is InChI=1S/C23H20FN3O3S2/c24-17-11-16(3-4-19(17)30-9-8-26-6-1-2-7-26)27-14-25-18-12-20(32-22(18)23(27)29)21(28)15-5-10-31-13-15/h3-5,10-14H,1-2,6-9H2. The van der Waals surface area contributed by atoms with E-state index in [9.17, 15) is 14.0 Å². The van der Waals surface area contributed by atoms with Crippen LogP contribution in [0.25, 0.3) is 15.9 Å². The van der Waals surface area contributed by atoms with E-state index in [2.05, 4.69) is 9.88 Å². The molecular weight excluding hydrogens is 449 g/mol. The number of nitrogens with zero attached hydrogens (tertiary/aromatic N) is 3. The summed E-state index contributed by atoms with van der Waals surface area (Å²) in [4.78, 5) is 32.7. The molecule has 0 N–H and O–H groups in total. The first kappa shape index (κ1) is 21.0. The molecule has 0 atom stereocenters. The Bertz CT molecular complexity index is 1320. The van der Waals surface area contributed by atoms with Gasteiger partial charge in [0.25, 0.3) is 5.56 Å². The van der Waals surface area contributed by atoms with E-state index in [1.165, 1.54) is 47.2 Å². The van der Waals surface area contributed by atoms with Crippen molar-refractivity contribution in [2.75, 3.05) is 26.2 Å². The lowest BCUT2D eigenvalue weighted by Gasteiger charge is -2.15. The fourth-order valence-electron chi connectivity index (χ4n) is 3.79. The summed E-state index contributed by atoms with van der Waals surface area (Å²) in [6.45, 7) is 3.31. The topological polar surface area (TPSA) is 64.4 Å². The molecule has 6 nitrogen and oxygen atoms in total. The van der Waals surface area contributed by atoms with Crippen LogP contribution in [0.4, 0.5) is 4.39 Å². The van der Waals surface area contributed by atoms with Crippen molar-refractivity contribution in [3.63, 3.8) is 0 Å². The number of carbonyl (C=O) groups is 1. The number of benzene rings is 1. The molecule has 32 heavy (non-hydrogen) atoms. The molecule has 4 aromatic rings. The molecule has 1 fully saturated rings. The van der Waals surface area contributed by atoms with Crippen LogP contribution in [0, 0.1) is 5.82 Å². The average Bonchev–Trinajstić information content (AvgIpc) is 3.56. The maximum absolute atomic E-state index is 14.6. The van der Waals surface area contributed by atoms with Gasteiger partial charge in [0.15, 0.2) is 11.6 Å². The molecule has 164 valence electrons. The largest absolute Gasteiger partial charge is 0.489 e. The van der Waals surface area contributed by atoms with Gasteiger partial charge in [0.2, 0.25) is 5.78 Å². The molecule has 0 bridgehead atoms. The van der Waals surface area contributed by atoms with Crippen molar-refractivity contribution in [1.29, 1.82) is 0 Å². The highest BCUT2D eigenvalue weighted by Crippen LogP contribution is 2.26. The van der Waals surface area contributed by atoms with Crippen molar-refractivity contribution in [2.24, 2.45) is 0 Å². The van der Waals surface area contributed by atoms with Gasteiger partial charge in [-0.1, -0.05) is 0 Å². The number of halogens is 1. The molecule has 0 radical (unpaired) electrons.